The van der Waals surface area contributed by atoms with E-state index in [1.165, 1.54) is 6.92 Å². The summed E-state index contributed by atoms with van der Waals surface area (Å²) >= 11 is 0. The van der Waals surface area contributed by atoms with Crippen LogP contribution in [0.4, 0.5) is 0 Å². The zero-order chi connectivity index (χ0) is 21.8. The van der Waals surface area contributed by atoms with Gasteiger partial charge in [-0.15, -0.1) is 0 Å². The minimum absolute atomic E-state index is 0.107. The summed E-state index contributed by atoms with van der Waals surface area (Å²) in [5.74, 6) is -4.43. The summed E-state index contributed by atoms with van der Waals surface area (Å²) in [5, 5.41) is 34.4. The van der Waals surface area contributed by atoms with E-state index in [1.54, 1.807) is 0 Å². The molecule has 11 atom stereocenters. The zero-order valence-corrected chi connectivity index (χ0v) is 16.9. The van der Waals surface area contributed by atoms with E-state index < -0.39 is 87.9 Å². The van der Waals surface area contributed by atoms with Crippen molar-refractivity contribution in [2.45, 2.75) is 76.0 Å². The normalized spacial score (nSPS) is 60.1. The van der Waals surface area contributed by atoms with Gasteiger partial charge in [0.15, 0.2) is 11.7 Å². The molecule has 2 spiro atoms. The van der Waals surface area contributed by atoms with Crippen molar-refractivity contribution in [3.63, 3.8) is 0 Å². The molecule has 0 aromatic heterocycles. The molecule has 4 saturated heterocycles. The molecular formula is C20H24O10. The minimum atomic E-state index is -2.12. The number of carbonyl (C=O) groups is 3. The molecule has 6 unspecified atom stereocenters. The maximum atomic E-state index is 13.4. The van der Waals surface area contributed by atoms with Crippen molar-refractivity contribution in [1.82, 2.24) is 0 Å². The van der Waals surface area contributed by atoms with Crippen molar-refractivity contribution in [3.05, 3.63) is 0 Å². The summed E-state index contributed by atoms with van der Waals surface area (Å²) < 4.78 is 22.6. The van der Waals surface area contributed by atoms with Gasteiger partial charge in [-0.25, -0.2) is 9.59 Å². The Labute approximate surface area is 171 Å². The Morgan fingerprint density at radius 2 is 1.70 bits per heavy atom. The quantitative estimate of drug-likeness (QED) is 0.314. The molecule has 2 aliphatic carbocycles. The molecule has 10 heteroatoms. The Kier molecular flexibility index (Phi) is 2.97. The number of hydrogen-bond donors (Lipinski definition) is 3. The lowest BCUT2D eigenvalue weighted by Gasteiger charge is -2.46. The van der Waals surface area contributed by atoms with Gasteiger partial charge >= 0.3 is 17.9 Å². The van der Waals surface area contributed by atoms with Gasteiger partial charge in [-0.3, -0.25) is 4.79 Å². The molecule has 0 bridgehead atoms. The second-order valence-electron chi connectivity index (χ2n) is 10.7. The Balaban J connectivity index is 1.71. The molecule has 6 aliphatic rings. The molecule has 2 saturated carbocycles. The number of ether oxygens (including phenoxy) is 4. The lowest BCUT2D eigenvalue weighted by molar-refractivity contribution is -0.239. The largest absolute Gasteiger partial charge is 0.459 e. The fourth-order valence-electron chi connectivity index (χ4n) is 8.22. The molecule has 4 aliphatic heterocycles. The molecule has 0 aromatic carbocycles. The van der Waals surface area contributed by atoms with Gasteiger partial charge in [0.25, 0.3) is 0 Å². The fraction of sp³-hybridized carbons (Fsp3) is 0.850. The van der Waals surface area contributed by atoms with Crippen molar-refractivity contribution >= 4 is 17.9 Å². The highest BCUT2D eigenvalue weighted by atomic mass is 16.8. The van der Waals surface area contributed by atoms with Crippen LogP contribution in [0.1, 0.15) is 34.1 Å². The number of carbonyl (C=O) groups excluding carboxylic acids is 3. The van der Waals surface area contributed by atoms with Crippen LogP contribution in [0.5, 0.6) is 0 Å². The number of hydrogen-bond acceptors (Lipinski definition) is 10. The van der Waals surface area contributed by atoms with E-state index in [0.29, 0.717) is 0 Å². The lowest BCUT2D eigenvalue weighted by Crippen LogP contribution is -2.66. The third kappa shape index (κ3) is 1.35. The molecule has 164 valence electrons. The van der Waals surface area contributed by atoms with Crippen molar-refractivity contribution in [2.75, 3.05) is 0 Å². The van der Waals surface area contributed by atoms with Crippen molar-refractivity contribution in [1.29, 1.82) is 0 Å². The molecular weight excluding hydrogens is 400 g/mol. The van der Waals surface area contributed by atoms with Crippen molar-refractivity contribution < 1.29 is 48.7 Å². The molecule has 10 nitrogen and oxygen atoms in total. The van der Waals surface area contributed by atoms with Crippen LogP contribution in [0.2, 0.25) is 0 Å². The minimum Gasteiger partial charge on any atom is -0.459 e. The van der Waals surface area contributed by atoms with Gasteiger partial charge in [0.2, 0.25) is 11.9 Å². The summed E-state index contributed by atoms with van der Waals surface area (Å²) in [6.45, 7) is 6.97. The highest BCUT2D eigenvalue weighted by molar-refractivity contribution is 5.93. The van der Waals surface area contributed by atoms with Crippen molar-refractivity contribution in [2.24, 2.45) is 28.1 Å². The SMILES string of the molecule is CC1C(=O)O[C@@H]2C[C@]34[C@H]5OC(=O)C3(O[C@H]3OC(=O)C(O)C34C(C(C)(C)C)C5O)[C@@]12O. The van der Waals surface area contributed by atoms with Crippen LogP contribution in [0.15, 0.2) is 0 Å². The summed E-state index contributed by atoms with van der Waals surface area (Å²) in [6.07, 6.45) is -6.73. The Hall–Kier alpha value is -1.75. The molecule has 3 N–H and O–H groups in total. The molecule has 6 fully saturated rings. The Morgan fingerprint density at radius 1 is 1.03 bits per heavy atom. The van der Waals surface area contributed by atoms with E-state index in [-0.39, 0.29) is 6.42 Å². The van der Waals surface area contributed by atoms with E-state index in [4.69, 9.17) is 18.9 Å². The number of aliphatic hydroxyl groups excluding tert-OH is 2. The molecule has 4 heterocycles. The first kappa shape index (κ1) is 19.0. The Bertz CT molecular complexity index is 925. The van der Waals surface area contributed by atoms with Crippen LogP contribution in [0.3, 0.4) is 0 Å². The predicted molar refractivity (Wildman–Crippen MR) is 92.0 cm³/mol. The third-order valence-electron chi connectivity index (χ3n) is 8.91. The van der Waals surface area contributed by atoms with Gasteiger partial charge in [0.1, 0.15) is 12.2 Å². The second kappa shape index (κ2) is 4.69. The number of aliphatic hydroxyl groups is 3. The number of fused-ring (bicyclic) bond motifs is 1. The average Bonchev–Trinajstić information content (AvgIpc) is 3.32. The van der Waals surface area contributed by atoms with Gasteiger partial charge in [-0.05, 0) is 12.3 Å². The average molecular weight is 424 g/mol. The second-order valence-corrected chi connectivity index (χ2v) is 10.7. The lowest BCUT2D eigenvalue weighted by atomic mass is 9.51. The highest BCUT2D eigenvalue weighted by Crippen LogP contribution is 2.84. The maximum Gasteiger partial charge on any atom is 0.342 e. The first-order valence-corrected chi connectivity index (χ1v) is 10.2. The first-order chi connectivity index (χ1) is 13.8. The van der Waals surface area contributed by atoms with E-state index in [1.807, 2.05) is 20.8 Å². The van der Waals surface area contributed by atoms with E-state index in [9.17, 15) is 29.7 Å². The fourth-order valence-corrected chi connectivity index (χ4v) is 8.22. The smallest absolute Gasteiger partial charge is 0.342 e. The topological polar surface area (TPSA) is 149 Å². The van der Waals surface area contributed by atoms with Crippen LogP contribution in [0.25, 0.3) is 0 Å². The van der Waals surface area contributed by atoms with E-state index >= 15 is 0 Å². The summed E-state index contributed by atoms with van der Waals surface area (Å²) in [6, 6.07) is 0. The highest BCUT2D eigenvalue weighted by Gasteiger charge is 3.02. The van der Waals surface area contributed by atoms with Crippen LogP contribution >= 0.6 is 0 Å². The maximum absolute atomic E-state index is 13.4. The Morgan fingerprint density at radius 3 is 2.33 bits per heavy atom. The van der Waals surface area contributed by atoms with Gasteiger partial charge in [0.05, 0.1) is 22.9 Å². The molecule has 6 rings (SSSR count). The summed E-state index contributed by atoms with van der Waals surface area (Å²) in [7, 11) is 0. The summed E-state index contributed by atoms with van der Waals surface area (Å²) in [5.41, 5.74) is -7.95. The van der Waals surface area contributed by atoms with E-state index in [0.717, 1.165) is 0 Å². The summed E-state index contributed by atoms with van der Waals surface area (Å²) in [4.78, 5) is 38.2. The standard InChI is InChI=1S/C20H24O10/c1-6-12(23)27-7-5-17-11-8(21)9(16(2,3)4)18(17)10(22)13(24)29-15(18)30-20(17,14(25)28-11)19(6,7)26/h6-11,15,21-22,26H,5H2,1-4H3/t6?,7-,8?,9?,10?,11+,15-,17-,18?,19-,20?/m1/s1. The van der Waals surface area contributed by atoms with Crippen molar-refractivity contribution in [3.8, 4) is 0 Å². The van der Waals surface area contributed by atoms with E-state index in [2.05, 4.69) is 0 Å². The zero-order valence-electron chi connectivity index (χ0n) is 16.9. The number of rotatable bonds is 0. The third-order valence-corrected chi connectivity index (χ3v) is 8.91. The number of esters is 3. The predicted octanol–water partition coefficient (Wildman–Crippen LogP) is -1.37. The van der Waals surface area contributed by atoms with Crippen LogP contribution in [0, 0.1) is 28.1 Å². The van der Waals surface area contributed by atoms with Gasteiger partial charge in [-0.2, -0.15) is 0 Å². The van der Waals surface area contributed by atoms with Gasteiger partial charge in [-0.1, -0.05) is 20.8 Å². The van der Waals surface area contributed by atoms with Gasteiger partial charge < -0.3 is 34.3 Å². The molecule has 0 aromatic rings. The first-order valence-electron chi connectivity index (χ1n) is 10.2. The van der Waals surface area contributed by atoms with Gasteiger partial charge in [0, 0.05) is 12.3 Å². The van der Waals surface area contributed by atoms with Crippen LogP contribution < -0.4 is 0 Å². The molecule has 30 heavy (non-hydrogen) atoms. The van der Waals surface area contributed by atoms with Crippen LogP contribution in [-0.4, -0.2) is 75.1 Å². The molecule has 0 amide bonds. The molecule has 0 radical (unpaired) electrons. The van der Waals surface area contributed by atoms with Crippen LogP contribution in [-0.2, 0) is 33.3 Å². The monoisotopic (exact) mass is 424 g/mol.